The van der Waals surface area contributed by atoms with Crippen LogP contribution in [0.25, 0.3) is 0 Å². The van der Waals surface area contributed by atoms with Gasteiger partial charge in [-0.2, -0.15) is 0 Å². The molecule has 0 N–H and O–H groups in total. The Hall–Kier alpha value is -1.02. The van der Waals surface area contributed by atoms with E-state index in [1.54, 1.807) is 5.51 Å². The highest BCUT2D eigenvalue weighted by Gasteiger charge is 2.40. The smallest absolute Gasteiger partial charge is 0.330 e. The van der Waals surface area contributed by atoms with E-state index in [0.717, 1.165) is 38.8 Å². The number of ether oxygens (including phenoxy) is 3. The van der Waals surface area contributed by atoms with Crippen LogP contribution in [-0.2, 0) is 20.2 Å². The molecular weight excluding hydrogens is 316 g/mol. The van der Waals surface area contributed by atoms with Crippen LogP contribution in [0.15, 0.2) is 5.51 Å². The van der Waals surface area contributed by atoms with Crippen molar-refractivity contribution in [3.05, 3.63) is 16.1 Å². The third-order valence-corrected chi connectivity index (χ3v) is 4.52. The Balaban J connectivity index is 3.08. The predicted molar refractivity (Wildman–Crippen MR) is 90.5 cm³/mol. The van der Waals surface area contributed by atoms with E-state index in [2.05, 4.69) is 18.8 Å². The summed E-state index contributed by atoms with van der Waals surface area (Å²) in [6.45, 7) is 5.72. The molecule has 0 fully saturated rings. The topological polar surface area (TPSA) is 60.9 Å². The number of thiazole rings is 1. The Morgan fingerprint density at radius 3 is 2.09 bits per heavy atom. The minimum atomic E-state index is -1.45. The molecule has 0 spiro atoms. The van der Waals surface area contributed by atoms with Gasteiger partial charge in [0, 0.05) is 34.4 Å². The molecule has 1 amide bonds. The third-order valence-electron chi connectivity index (χ3n) is 3.71. The molecule has 6 nitrogen and oxygen atoms in total. The van der Waals surface area contributed by atoms with Crippen molar-refractivity contribution in [2.75, 3.05) is 34.4 Å². The maximum Gasteiger partial charge on any atom is 0.330 e. The second kappa shape index (κ2) is 9.97. The van der Waals surface area contributed by atoms with Crippen molar-refractivity contribution < 1.29 is 19.0 Å². The molecule has 132 valence electrons. The zero-order valence-electron chi connectivity index (χ0n) is 14.8. The summed E-state index contributed by atoms with van der Waals surface area (Å²) in [4.78, 5) is 19.6. The minimum Gasteiger partial charge on any atom is -0.338 e. The number of unbranched alkanes of at least 4 members (excludes halogenated alkanes) is 2. The molecule has 1 aromatic heterocycles. The highest BCUT2D eigenvalue weighted by atomic mass is 32.1. The molecule has 0 unspecified atom stereocenters. The summed E-state index contributed by atoms with van der Waals surface area (Å²) in [7, 11) is 4.39. The van der Waals surface area contributed by atoms with E-state index in [-0.39, 0.29) is 5.91 Å². The van der Waals surface area contributed by atoms with Gasteiger partial charge in [-0.3, -0.25) is 4.79 Å². The first-order valence-corrected chi connectivity index (χ1v) is 8.86. The van der Waals surface area contributed by atoms with Crippen molar-refractivity contribution in [2.45, 2.75) is 45.5 Å². The number of nitrogens with zero attached hydrogens (tertiary/aromatic N) is 2. The Labute approximate surface area is 142 Å². The summed E-state index contributed by atoms with van der Waals surface area (Å²) >= 11 is 1.28. The molecule has 0 bridgehead atoms. The van der Waals surface area contributed by atoms with Gasteiger partial charge in [-0.15, -0.1) is 11.3 Å². The lowest BCUT2D eigenvalue weighted by Crippen LogP contribution is -2.38. The maximum atomic E-state index is 13.0. The van der Waals surface area contributed by atoms with Crippen LogP contribution in [0, 0.1) is 0 Å². The summed E-state index contributed by atoms with van der Waals surface area (Å²) in [5, 5.41) is 0. The van der Waals surface area contributed by atoms with Gasteiger partial charge in [0.05, 0.1) is 5.51 Å². The van der Waals surface area contributed by atoms with Gasteiger partial charge in [-0.1, -0.05) is 26.7 Å². The zero-order valence-corrected chi connectivity index (χ0v) is 15.6. The average Bonchev–Trinajstić information content (AvgIpc) is 3.07. The number of amides is 1. The van der Waals surface area contributed by atoms with Crippen LogP contribution >= 0.6 is 11.3 Å². The quantitative estimate of drug-likeness (QED) is 0.577. The number of carbonyl (C=O) groups excluding carboxylic acids is 1. The van der Waals surface area contributed by atoms with Gasteiger partial charge in [0.15, 0.2) is 5.69 Å². The molecule has 1 aromatic rings. The van der Waals surface area contributed by atoms with Crippen LogP contribution in [0.1, 0.15) is 54.9 Å². The molecule has 0 atom stereocenters. The molecule has 1 rings (SSSR count). The molecule has 0 aliphatic rings. The Morgan fingerprint density at radius 2 is 1.65 bits per heavy atom. The minimum absolute atomic E-state index is 0.0417. The van der Waals surface area contributed by atoms with E-state index in [1.807, 2.05) is 4.90 Å². The van der Waals surface area contributed by atoms with Crippen LogP contribution in [-0.4, -0.2) is 50.2 Å². The molecule has 7 heteroatoms. The van der Waals surface area contributed by atoms with Gasteiger partial charge in [0.25, 0.3) is 5.91 Å². The highest BCUT2D eigenvalue weighted by Crippen LogP contribution is 2.31. The number of hydrogen-bond acceptors (Lipinski definition) is 6. The van der Waals surface area contributed by atoms with E-state index in [1.165, 1.54) is 32.7 Å². The van der Waals surface area contributed by atoms with E-state index >= 15 is 0 Å². The normalized spacial score (nSPS) is 11.7. The number of carbonyl (C=O) groups is 1. The zero-order chi connectivity index (χ0) is 17.3. The van der Waals surface area contributed by atoms with Crippen LogP contribution < -0.4 is 0 Å². The summed E-state index contributed by atoms with van der Waals surface area (Å²) in [5.74, 6) is -1.49. The number of methoxy groups -OCH3 is 3. The monoisotopic (exact) mass is 344 g/mol. The van der Waals surface area contributed by atoms with Crippen molar-refractivity contribution in [1.82, 2.24) is 9.88 Å². The average molecular weight is 344 g/mol. The van der Waals surface area contributed by atoms with E-state index < -0.39 is 5.97 Å². The summed E-state index contributed by atoms with van der Waals surface area (Å²) in [5.41, 5.74) is 1.99. The largest absolute Gasteiger partial charge is 0.338 e. The number of rotatable bonds is 11. The van der Waals surface area contributed by atoms with Gasteiger partial charge >= 0.3 is 5.97 Å². The molecule has 23 heavy (non-hydrogen) atoms. The second-order valence-corrected chi connectivity index (χ2v) is 6.05. The lowest BCUT2D eigenvalue weighted by atomic mass is 10.2. The van der Waals surface area contributed by atoms with Crippen LogP contribution in [0.4, 0.5) is 0 Å². The Morgan fingerprint density at radius 1 is 1.13 bits per heavy atom. The first kappa shape index (κ1) is 20.0. The summed E-state index contributed by atoms with van der Waals surface area (Å²) in [6, 6.07) is 0. The number of aromatic nitrogens is 1. The first-order valence-electron chi connectivity index (χ1n) is 7.98. The van der Waals surface area contributed by atoms with Gasteiger partial charge in [-0.25, -0.2) is 4.98 Å². The Bertz CT molecular complexity index is 458. The van der Waals surface area contributed by atoms with Crippen LogP contribution in [0.2, 0.25) is 0 Å². The fourth-order valence-electron chi connectivity index (χ4n) is 2.31. The second-order valence-electron chi connectivity index (χ2n) is 5.20. The highest BCUT2D eigenvalue weighted by molar-refractivity contribution is 7.11. The molecule has 0 radical (unpaired) electrons. The molecular formula is C16H28N2O4S. The lowest BCUT2D eigenvalue weighted by Gasteiger charge is -2.29. The summed E-state index contributed by atoms with van der Waals surface area (Å²) in [6.07, 6.45) is 4.05. The van der Waals surface area contributed by atoms with Gasteiger partial charge in [0.1, 0.15) is 4.88 Å². The molecule has 0 aromatic carbocycles. The first-order chi connectivity index (χ1) is 11.1. The lowest BCUT2D eigenvalue weighted by molar-refractivity contribution is -0.366. The van der Waals surface area contributed by atoms with Crippen LogP contribution in [0.5, 0.6) is 0 Å². The van der Waals surface area contributed by atoms with E-state index in [4.69, 9.17) is 14.2 Å². The van der Waals surface area contributed by atoms with Crippen molar-refractivity contribution in [1.29, 1.82) is 0 Å². The fraction of sp³-hybridized carbons (Fsp3) is 0.750. The standard InChI is InChI=1S/C16H28N2O4S/c1-6-8-10-18(11-9-7-2)15(19)13-14(17-12-23-13)16(20-3,21-4)22-5/h12H,6-11H2,1-5H3. The fourth-order valence-corrected chi connectivity index (χ4v) is 3.10. The summed E-state index contributed by atoms with van der Waals surface area (Å²) < 4.78 is 16.0. The van der Waals surface area contributed by atoms with Gasteiger partial charge in [0.2, 0.25) is 0 Å². The number of hydrogen-bond donors (Lipinski definition) is 0. The van der Waals surface area contributed by atoms with Crippen molar-refractivity contribution in [2.24, 2.45) is 0 Å². The van der Waals surface area contributed by atoms with Gasteiger partial charge in [-0.05, 0) is 12.8 Å². The van der Waals surface area contributed by atoms with Crippen molar-refractivity contribution in [3.63, 3.8) is 0 Å². The SMILES string of the molecule is CCCCN(CCCC)C(=O)c1scnc1C(OC)(OC)OC. The molecule has 1 heterocycles. The molecule has 0 saturated carbocycles. The van der Waals surface area contributed by atoms with Crippen molar-refractivity contribution in [3.8, 4) is 0 Å². The van der Waals surface area contributed by atoms with E-state index in [0.29, 0.717) is 10.6 Å². The molecule has 0 aliphatic heterocycles. The molecule has 0 saturated heterocycles. The predicted octanol–water partition coefficient (Wildman–Crippen LogP) is 3.24. The Kier molecular flexibility index (Phi) is 8.68. The van der Waals surface area contributed by atoms with E-state index in [9.17, 15) is 4.79 Å². The van der Waals surface area contributed by atoms with Crippen LogP contribution in [0.3, 0.4) is 0 Å². The third kappa shape index (κ3) is 4.73. The maximum absolute atomic E-state index is 13.0. The van der Waals surface area contributed by atoms with Crippen molar-refractivity contribution >= 4 is 17.2 Å². The van der Waals surface area contributed by atoms with Gasteiger partial charge < -0.3 is 19.1 Å². The molecule has 0 aliphatic carbocycles.